The van der Waals surface area contributed by atoms with Crippen LogP contribution in [0, 0.1) is 19.8 Å². The van der Waals surface area contributed by atoms with Crippen LogP contribution in [0.4, 0.5) is 0 Å². The molecule has 0 bridgehead atoms. The fourth-order valence-corrected chi connectivity index (χ4v) is 4.75. The van der Waals surface area contributed by atoms with Crippen LogP contribution in [0.15, 0.2) is 16.9 Å². The molecule has 0 N–H and O–H groups in total. The molecule has 2 aromatic rings. The van der Waals surface area contributed by atoms with Gasteiger partial charge in [-0.25, -0.2) is 9.97 Å². The Bertz CT molecular complexity index is 875. The molecule has 1 fully saturated rings. The highest BCUT2D eigenvalue weighted by Gasteiger charge is 2.28. The Labute approximate surface area is 160 Å². The molecule has 0 aliphatic carbocycles. The first-order valence-electron chi connectivity index (χ1n) is 9.20. The van der Waals surface area contributed by atoms with Crippen LogP contribution in [-0.2, 0) is 16.6 Å². The van der Waals surface area contributed by atoms with Crippen LogP contribution in [0.1, 0.15) is 36.4 Å². The van der Waals surface area contributed by atoms with E-state index in [0.29, 0.717) is 19.0 Å². The molecule has 1 aliphatic rings. The van der Waals surface area contributed by atoms with Gasteiger partial charge in [-0.1, -0.05) is 5.16 Å². The monoisotopic (exact) mass is 393 g/mol. The molecular formula is C18H27N5O3S. The summed E-state index contributed by atoms with van der Waals surface area (Å²) >= 11 is 0. The average Bonchev–Trinajstić information content (AvgIpc) is 2.81. The van der Waals surface area contributed by atoms with Crippen LogP contribution in [0.25, 0.3) is 11.3 Å². The Kier molecular flexibility index (Phi) is 5.92. The summed E-state index contributed by atoms with van der Waals surface area (Å²) in [5.74, 6) is 1.15. The molecule has 1 saturated heterocycles. The topological polar surface area (TPSA) is 92.4 Å². The quantitative estimate of drug-likeness (QED) is 0.773. The van der Waals surface area contributed by atoms with Crippen molar-refractivity contribution in [3.05, 3.63) is 29.5 Å². The molecule has 9 heteroatoms. The van der Waals surface area contributed by atoms with Crippen molar-refractivity contribution in [3.63, 3.8) is 0 Å². The summed E-state index contributed by atoms with van der Waals surface area (Å²) in [6.07, 6.45) is 5.08. The molecule has 27 heavy (non-hydrogen) atoms. The molecule has 1 aliphatic heterocycles. The molecule has 0 amide bonds. The van der Waals surface area contributed by atoms with Gasteiger partial charge in [-0.05, 0) is 51.5 Å². The minimum absolute atomic E-state index is 0.403. The van der Waals surface area contributed by atoms with Crippen LogP contribution >= 0.6 is 0 Å². The Hall–Kier alpha value is -1.84. The van der Waals surface area contributed by atoms with E-state index < -0.39 is 10.2 Å². The molecule has 8 nitrogen and oxygen atoms in total. The highest BCUT2D eigenvalue weighted by molar-refractivity contribution is 7.86. The summed E-state index contributed by atoms with van der Waals surface area (Å²) in [4.78, 5) is 8.80. The second kappa shape index (κ2) is 8.04. The van der Waals surface area contributed by atoms with E-state index in [2.05, 4.69) is 15.1 Å². The van der Waals surface area contributed by atoms with E-state index in [4.69, 9.17) is 4.52 Å². The summed E-state index contributed by atoms with van der Waals surface area (Å²) in [6.45, 7) is 4.90. The minimum Gasteiger partial charge on any atom is -0.361 e. The van der Waals surface area contributed by atoms with Crippen molar-refractivity contribution in [1.82, 2.24) is 23.7 Å². The lowest BCUT2D eigenvalue weighted by Crippen LogP contribution is -2.40. The van der Waals surface area contributed by atoms with Crippen molar-refractivity contribution in [2.75, 3.05) is 27.2 Å². The SMILES string of the molecule is Cc1noc(C)c1-c1cc(CC2CCCN(S(=O)(=O)N(C)C)CC2)ncn1. The van der Waals surface area contributed by atoms with Crippen LogP contribution in [0.2, 0.25) is 0 Å². The summed E-state index contributed by atoms with van der Waals surface area (Å²) in [5, 5.41) is 3.99. The summed E-state index contributed by atoms with van der Waals surface area (Å²) in [5.41, 5.74) is 3.52. The zero-order valence-electron chi connectivity index (χ0n) is 16.3. The second-order valence-electron chi connectivity index (χ2n) is 7.28. The van der Waals surface area contributed by atoms with Gasteiger partial charge in [0.2, 0.25) is 0 Å². The molecule has 1 atom stereocenters. The van der Waals surface area contributed by atoms with Crippen molar-refractivity contribution in [2.45, 2.75) is 39.5 Å². The van der Waals surface area contributed by atoms with Gasteiger partial charge in [-0.15, -0.1) is 0 Å². The smallest absolute Gasteiger partial charge is 0.281 e. The van der Waals surface area contributed by atoms with Gasteiger partial charge in [0.1, 0.15) is 12.1 Å². The lowest BCUT2D eigenvalue weighted by molar-refractivity contribution is 0.376. The number of aryl methyl sites for hydroxylation is 2. The molecule has 3 rings (SSSR count). The van der Waals surface area contributed by atoms with E-state index in [1.165, 1.54) is 4.31 Å². The maximum atomic E-state index is 12.4. The van der Waals surface area contributed by atoms with Crippen molar-refractivity contribution in [2.24, 2.45) is 5.92 Å². The molecule has 0 aromatic carbocycles. The van der Waals surface area contributed by atoms with E-state index in [0.717, 1.165) is 54.1 Å². The Morgan fingerprint density at radius 1 is 1.22 bits per heavy atom. The molecule has 0 saturated carbocycles. The standard InChI is InChI=1S/C18H27N5O3S/c1-13-18(14(2)26-21-13)17-11-16(19-12-20-17)10-15-6-5-8-23(9-7-15)27(24,25)22(3)4/h11-12,15H,5-10H2,1-4H3. The Morgan fingerprint density at radius 2 is 2.00 bits per heavy atom. The number of hydrogen-bond acceptors (Lipinski definition) is 6. The van der Waals surface area contributed by atoms with E-state index in [9.17, 15) is 8.42 Å². The zero-order valence-corrected chi connectivity index (χ0v) is 17.2. The van der Waals surface area contributed by atoms with Crippen LogP contribution in [0.5, 0.6) is 0 Å². The fourth-order valence-electron chi connectivity index (χ4n) is 3.60. The summed E-state index contributed by atoms with van der Waals surface area (Å²) < 4.78 is 32.8. The van der Waals surface area contributed by atoms with E-state index >= 15 is 0 Å². The molecule has 148 valence electrons. The summed E-state index contributed by atoms with van der Waals surface area (Å²) in [6, 6.07) is 1.99. The van der Waals surface area contributed by atoms with Gasteiger partial charge in [0, 0.05) is 32.9 Å². The average molecular weight is 394 g/mol. The van der Waals surface area contributed by atoms with Gasteiger partial charge in [-0.2, -0.15) is 17.0 Å². The number of hydrogen-bond donors (Lipinski definition) is 0. The van der Waals surface area contributed by atoms with Crippen molar-refractivity contribution >= 4 is 10.2 Å². The highest BCUT2D eigenvalue weighted by atomic mass is 32.2. The number of aromatic nitrogens is 3. The minimum atomic E-state index is -3.34. The lowest BCUT2D eigenvalue weighted by Gasteiger charge is -2.23. The highest BCUT2D eigenvalue weighted by Crippen LogP contribution is 2.27. The van der Waals surface area contributed by atoms with Crippen LogP contribution in [-0.4, -0.2) is 59.3 Å². The third-order valence-electron chi connectivity index (χ3n) is 5.11. The first-order chi connectivity index (χ1) is 12.8. The maximum Gasteiger partial charge on any atom is 0.281 e. The first-order valence-corrected chi connectivity index (χ1v) is 10.6. The number of nitrogens with zero attached hydrogens (tertiary/aromatic N) is 5. The molecule has 1 unspecified atom stereocenters. The molecular weight excluding hydrogens is 366 g/mol. The Morgan fingerprint density at radius 3 is 2.67 bits per heavy atom. The second-order valence-corrected chi connectivity index (χ2v) is 9.43. The first kappa shape index (κ1) is 19.9. The molecule has 2 aromatic heterocycles. The maximum absolute atomic E-state index is 12.4. The van der Waals surface area contributed by atoms with Crippen molar-refractivity contribution < 1.29 is 12.9 Å². The summed E-state index contributed by atoms with van der Waals surface area (Å²) in [7, 11) is -0.185. The molecule has 0 spiro atoms. The predicted octanol–water partition coefficient (Wildman–Crippen LogP) is 2.20. The van der Waals surface area contributed by atoms with Crippen LogP contribution in [0.3, 0.4) is 0 Å². The third kappa shape index (κ3) is 4.36. The van der Waals surface area contributed by atoms with Gasteiger partial charge in [0.05, 0.1) is 17.0 Å². The Balaban J connectivity index is 1.71. The van der Waals surface area contributed by atoms with Gasteiger partial charge in [0.25, 0.3) is 10.2 Å². The molecule has 0 radical (unpaired) electrons. The predicted molar refractivity (Wildman–Crippen MR) is 102 cm³/mol. The zero-order chi connectivity index (χ0) is 19.6. The number of rotatable bonds is 5. The van der Waals surface area contributed by atoms with Gasteiger partial charge >= 0.3 is 0 Å². The largest absolute Gasteiger partial charge is 0.361 e. The van der Waals surface area contributed by atoms with Crippen molar-refractivity contribution in [3.8, 4) is 11.3 Å². The lowest BCUT2D eigenvalue weighted by atomic mass is 9.94. The van der Waals surface area contributed by atoms with E-state index in [-0.39, 0.29) is 0 Å². The third-order valence-corrected chi connectivity index (χ3v) is 7.05. The van der Waals surface area contributed by atoms with E-state index in [1.54, 1.807) is 24.7 Å². The van der Waals surface area contributed by atoms with Crippen LogP contribution < -0.4 is 0 Å². The van der Waals surface area contributed by atoms with Gasteiger partial charge in [0.15, 0.2) is 0 Å². The normalized spacial score (nSPS) is 19.4. The van der Waals surface area contributed by atoms with Gasteiger partial charge < -0.3 is 4.52 Å². The van der Waals surface area contributed by atoms with Gasteiger partial charge in [-0.3, -0.25) is 0 Å². The van der Waals surface area contributed by atoms with E-state index in [1.807, 2.05) is 19.9 Å². The fraction of sp³-hybridized carbons (Fsp3) is 0.611. The van der Waals surface area contributed by atoms with Crippen molar-refractivity contribution in [1.29, 1.82) is 0 Å². The molecule has 3 heterocycles.